The number of phenols is 1. The highest BCUT2D eigenvalue weighted by Crippen LogP contribution is 2.12. The van der Waals surface area contributed by atoms with Crippen LogP contribution < -0.4 is 16.4 Å². The summed E-state index contributed by atoms with van der Waals surface area (Å²) in [6.45, 7) is 0. The number of phenolic OH excluding ortho intramolecular Hbond substituents is 1. The predicted molar refractivity (Wildman–Crippen MR) is 106 cm³/mol. The first-order valence-electron chi connectivity index (χ1n) is 9.21. The number of aliphatic carboxylic acids is 2. The Bertz CT molecular complexity index is 914. The lowest BCUT2D eigenvalue weighted by molar-refractivity contribution is -0.142. The second kappa shape index (κ2) is 10.7. The van der Waals surface area contributed by atoms with Crippen LogP contribution in [0.4, 0.5) is 0 Å². The molecule has 0 spiro atoms. The second-order valence-corrected chi connectivity index (χ2v) is 6.82. The number of nitrogens with zero attached hydrogens (tertiary/aromatic N) is 1. The normalized spacial score (nSPS) is 13.6. The quantitative estimate of drug-likeness (QED) is 0.226. The molecular weight excluding hydrogens is 410 g/mol. The van der Waals surface area contributed by atoms with Crippen molar-refractivity contribution in [2.45, 2.75) is 37.4 Å². The molecular formula is C19H23N5O7. The Kier molecular flexibility index (Phi) is 8.09. The number of imidazole rings is 1. The molecule has 0 radical (unpaired) electrons. The van der Waals surface area contributed by atoms with E-state index < -0.39 is 48.3 Å². The second-order valence-electron chi connectivity index (χ2n) is 6.82. The summed E-state index contributed by atoms with van der Waals surface area (Å²) in [6.07, 6.45) is 2.04. The van der Waals surface area contributed by atoms with Crippen LogP contribution in [0.15, 0.2) is 36.8 Å². The molecule has 2 amide bonds. The van der Waals surface area contributed by atoms with E-state index in [-0.39, 0.29) is 18.6 Å². The molecule has 0 saturated heterocycles. The van der Waals surface area contributed by atoms with Crippen molar-refractivity contribution in [3.05, 3.63) is 48.0 Å². The number of carbonyl (C=O) groups excluding carboxylic acids is 2. The number of carbonyl (C=O) groups is 4. The monoisotopic (exact) mass is 433 g/mol. The van der Waals surface area contributed by atoms with E-state index in [1.807, 2.05) is 0 Å². The number of H-pyrrole nitrogens is 1. The zero-order chi connectivity index (χ0) is 23.0. The molecule has 0 unspecified atom stereocenters. The van der Waals surface area contributed by atoms with E-state index >= 15 is 0 Å². The molecule has 0 aliphatic carbocycles. The maximum absolute atomic E-state index is 12.8. The van der Waals surface area contributed by atoms with Crippen LogP contribution in [-0.2, 0) is 32.0 Å². The zero-order valence-corrected chi connectivity index (χ0v) is 16.3. The smallest absolute Gasteiger partial charge is 0.326 e. The van der Waals surface area contributed by atoms with Gasteiger partial charge >= 0.3 is 11.9 Å². The van der Waals surface area contributed by atoms with Gasteiger partial charge in [0.05, 0.1) is 18.8 Å². The molecule has 1 aromatic carbocycles. The molecule has 1 aromatic heterocycles. The first-order chi connectivity index (χ1) is 14.7. The van der Waals surface area contributed by atoms with Crippen molar-refractivity contribution in [2.24, 2.45) is 5.73 Å². The molecule has 3 atom stereocenters. The molecule has 12 heteroatoms. The van der Waals surface area contributed by atoms with Crippen molar-refractivity contribution in [3.8, 4) is 5.75 Å². The molecule has 0 saturated carbocycles. The van der Waals surface area contributed by atoms with Crippen LogP contribution in [0.3, 0.4) is 0 Å². The molecule has 12 nitrogen and oxygen atoms in total. The third-order valence-electron chi connectivity index (χ3n) is 4.33. The van der Waals surface area contributed by atoms with Crippen molar-refractivity contribution in [1.29, 1.82) is 0 Å². The van der Waals surface area contributed by atoms with E-state index in [1.54, 1.807) is 0 Å². The summed E-state index contributed by atoms with van der Waals surface area (Å²) in [6, 6.07) is 1.89. The summed E-state index contributed by atoms with van der Waals surface area (Å²) in [4.78, 5) is 54.0. The maximum atomic E-state index is 12.8. The van der Waals surface area contributed by atoms with E-state index in [0.717, 1.165) is 0 Å². The van der Waals surface area contributed by atoms with E-state index in [9.17, 15) is 29.4 Å². The fourth-order valence-corrected chi connectivity index (χ4v) is 2.73. The minimum absolute atomic E-state index is 0.0136. The molecule has 8 N–H and O–H groups in total. The van der Waals surface area contributed by atoms with Crippen molar-refractivity contribution in [2.75, 3.05) is 0 Å². The number of carboxylic acids is 2. The first kappa shape index (κ1) is 23.3. The van der Waals surface area contributed by atoms with Crippen LogP contribution in [0, 0.1) is 0 Å². The first-order valence-corrected chi connectivity index (χ1v) is 9.21. The third kappa shape index (κ3) is 7.44. The van der Waals surface area contributed by atoms with Gasteiger partial charge in [-0.15, -0.1) is 0 Å². The number of aromatic amines is 1. The molecule has 2 aromatic rings. The molecule has 0 fully saturated rings. The van der Waals surface area contributed by atoms with Gasteiger partial charge in [-0.25, -0.2) is 9.78 Å². The van der Waals surface area contributed by atoms with Crippen molar-refractivity contribution >= 4 is 23.8 Å². The fraction of sp³-hybridized carbons (Fsp3) is 0.316. The Labute approximate surface area is 176 Å². The zero-order valence-electron chi connectivity index (χ0n) is 16.3. The van der Waals surface area contributed by atoms with Gasteiger partial charge in [-0.3, -0.25) is 14.4 Å². The fourth-order valence-electron chi connectivity index (χ4n) is 2.73. The summed E-state index contributed by atoms with van der Waals surface area (Å²) in [5.41, 5.74) is 6.59. The van der Waals surface area contributed by atoms with Gasteiger partial charge in [0.2, 0.25) is 11.8 Å². The average Bonchev–Trinajstić information content (AvgIpc) is 3.21. The topological polar surface area (TPSA) is 208 Å². The van der Waals surface area contributed by atoms with Gasteiger partial charge in [0.1, 0.15) is 17.8 Å². The lowest BCUT2D eigenvalue weighted by atomic mass is 10.0. The Morgan fingerprint density at radius 3 is 2.19 bits per heavy atom. The van der Waals surface area contributed by atoms with Crippen LogP contribution >= 0.6 is 0 Å². The van der Waals surface area contributed by atoms with Crippen molar-refractivity contribution in [3.63, 3.8) is 0 Å². The highest BCUT2D eigenvalue weighted by Gasteiger charge is 2.29. The molecule has 0 aliphatic rings. The molecule has 1 heterocycles. The number of aromatic nitrogens is 2. The lowest BCUT2D eigenvalue weighted by Crippen LogP contribution is -2.55. The highest BCUT2D eigenvalue weighted by atomic mass is 16.4. The highest BCUT2D eigenvalue weighted by molar-refractivity contribution is 5.93. The van der Waals surface area contributed by atoms with Crippen molar-refractivity contribution in [1.82, 2.24) is 20.6 Å². The van der Waals surface area contributed by atoms with Gasteiger partial charge in [0.15, 0.2) is 0 Å². The standard InChI is InChI=1S/C19H23N5O7/c20-13(7-16(26)27)17(28)23-14(6-11-8-21-9-22-11)18(29)24-15(19(30)31)5-10-1-3-12(25)4-2-10/h1-4,8-9,13-15,25H,5-7,20H2,(H,21,22)(H,23,28)(H,24,29)(H,26,27)(H,30,31)/t13-,14-,15-/m0/s1. The summed E-state index contributed by atoms with van der Waals surface area (Å²) in [5, 5.41) is 32.4. The number of nitrogens with one attached hydrogen (secondary N) is 3. The number of nitrogens with two attached hydrogens (primary N) is 1. The Hall–Kier alpha value is -3.93. The number of rotatable bonds is 11. The summed E-state index contributed by atoms with van der Waals surface area (Å²) >= 11 is 0. The van der Waals surface area contributed by atoms with Gasteiger partial charge < -0.3 is 36.7 Å². The van der Waals surface area contributed by atoms with Gasteiger partial charge in [0.25, 0.3) is 0 Å². The number of hydrogen-bond acceptors (Lipinski definition) is 7. The van der Waals surface area contributed by atoms with E-state index in [2.05, 4.69) is 20.6 Å². The van der Waals surface area contributed by atoms with Crippen LogP contribution in [0.2, 0.25) is 0 Å². The van der Waals surface area contributed by atoms with E-state index in [4.69, 9.17) is 10.8 Å². The summed E-state index contributed by atoms with van der Waals surface area (Å²) < 4.78 is 0. The largest absolute Gasteiger partial charge is 0.508 e. The van der Waals surface area contributed by atoms with Crippen LogP contribution in [0.25, 0.3) is 0 Å². The van der Waals surface area contributed by atoms with E-state index in [0.29, 0.717) is 11.3 Å². The van der Waals surface area contributed by atoms with E-state index in [1.165, 1.54) is 36.8 Å². The van der Waals surface area contributed by atoms with Crippen LogP contribution in [0.1, 0.15) is 17.7 Å². The lowest BCUT2D eigenvalue weighted by Gasteiger charge is -2.22. The molecule has 2 rings (SSSR count). The molecule has 0 aliphatic heterocycles. The number of aromatic hydroxyl groups is 1. The predicted octanol–water partition coefficient (Wildman–Crippen LogP) is -1.24. The van der Waals surface area contributed by atoms with Crippen LogP contribution in [0.5, 0.6) is 5.75 Å². The Morgan fingerprint density at radius 2 is 1.65 bits per heavy atom. The van der Waals surface area contributed by atoms with Crippen molar-refractivity contribution < 1.29 is 34.5 Å². The number of hydrogen-bond donors (Lipinski definition) is 7. The number of carboxylic acid groups (broad SMARTS) is 2. The van der Waals surface area contributed by atoms with Gasteiger partial charge in [-0.2, -0.15) is 0 Å². The van der Waals surface area contributed by atoms with Gasteiger partial charge in [0, 0.05) is 24.7 Å². The Morgan fingerprint density at radius 1 is 1.00 bits per heavy atom. The van der Waals surface area contributed by atoms with Crippen LogP contribution in [-0.4, -0.2) is 67.2 Å². The molecule has 0 bridgehead atoms. The minimum atomic E-state index is -1.39. The third-order valence-corrected chi connectivity index (χ3v) is 4.33. The van der Waals surface area contributed by atoms with Gasteiger partial charge in [-0.1, -0.05) is 12.1 Å². The minimum Gasteiger partial charge on any atom is -0.508 e. The summed E-state index contributed by atoms with van der Waals surface area (Å²) in [5.74, 6) is -4.23. The number of benzene rings is 1. The Balaban J connectivity index is 2.13. The maximum Gasteiger partial charge on any atom is 0.326 e. The molecule has 166 valence electrons. The number of amides is 2. The van der Waals surface area contributed by atoms with Gasteiger partial charge in [-0.05, 0) is 17.7 Å². The molecule has 31 heavy (non-hydrogen) atoms. The average molecular weight is 433 g/mol. The SMILES string of the molecule is N[C@@H](CC(=O)O)C(=O)N[C@@H](Cc1cnc[nH]1)C(=O)N[C@@H](Cc1ccc(O)cc1)C(=O)O. The summed E-state index contributed by atoms with van der Waals surface area (Å²) in [7, 11) is 0.